The molecule has 0 bridgehead atoms. The van der Waals surface area contributed by atoms with E-state index >= 15 is 0 Å². The number of halogens is 6. The van der Waals surface area contributed by atoms with Crippen LogP contribution in [0.1, 0.15) is 27.8 Å². The highest BCUT2D eigenvalue weighted by molar-refractivity contribution is 9.10. The molecule has 0 atom stereocenters. The standard InChI is InChI=1S/C20H15ClF3NO2.C13H12BrNO.C5H4BrNO/c1-13-5-2-3-6-14(13)12-25-10-9-15(26)11-18(25)27-17-8-4-7-16(19(17)21)20(22,23)24;1-10-4-2-3-5-11(10)9-15-7-6-12(16)8-13(15)14;6-5-3-4(8)1-2-7-5/h2-11H,12H2,1H3;2-8H,9H2,1H3;1-3H,(H,7,8). The largest absolute Gasteiger partial charge is 0.439 e. The molecular weight excluding hydrogens is 815 g/mol. The normalized spacial score (nSPS) is 10.7. The van der Waals surface area contributed by atoms with Gasteiger partial charge >= 0.3 is 6.18 Å². The van der Waals surface area contributed by atoms with Crippen LogP contribution in [-0.2, 0) is 19.3 Å². The summed E-state index contributed by atoms with van der Waals surface area (Å²) in [7, 11) is 0. The number of hydrogen-bond acceptors (Lipinski definition) is 4. The number of nitrogens with one attached hydrogen (secondary N) is 1. The number of rotatable bonds is 6. The van der Waals surface area contributed by atoms with Gasteiger partial charge in [0.25, 0.3) is 0 Å². The summed E-state index contributed by atoms with van der Waals surface area (Å²) >= 11 is 12.4. The molecule has 13 heteroatoms. The molecule has 0 saturated heterocycles. The molecule has 0 aliphatic carbocycles. The van der Waals surface area contributed by atoms with E-state index in [1.54, 1.807) is 29.1 Å². The minimum Gasteiger partial charge on any atom is -0.439 e. The van der Waals surface area contributed by atoms with E-state index in [9.17, 15) is 27.6 Å². The zero-order valence-electron chi connectivity index (χ0n) is 27.3. The van der Waals surface area contributed by atoms with Crippen LogP contribution in [0.15, 0.2) is 145 Å². The predicted octanol–water partition coefficient (Wildman–Crippen LogP) is 9.77. The summed E-state index contributed by atoms with van der Waals surface area (Å²) in [5, 5.41) is -0.552. The SMILES string of the molecule is Cc1ccccc1Cn1ccc(=O)cc1Br.Cc1ccccc1Cn1ccc(=O)cc1Oc1cccc(C(F)(F)F)c1Cl.O=c1cc[nH]c(Br)c1. The van der Waals surface area contributed by atoms with Crippen molar-refractivity contribution in [2.24, 2.45) is 0 Å². The van der Waals surface area contributed by atoms with Gasteiger partial charge < -0.3 is 18.9 Å². The predicted molar refractivity (Wildman–Crippen MR) is 201 cm³/mol. The molecule has 0 aliphatic rings. The van der Waals surface area contributed by atoms with Gasteiger partial charge in [0.15, 0.2) is 16.3 Å². The van der Waals surface area contributed by atoms with E-state index < -0.39 is 16.8 Å². The molecule has 0 saturated carbocycles. The molecule has 6 rings (SSSR count). The molecule has 0 aliphatic heterocycles. The summed E-state index contributed by atoms with van der Waals surface area (Å²) in [4.78, 5) is 36.1. The zero-order chi connectivity index (χ0) is 37.1. The molecule has 3 aromatic carbocycles. The second-order valence-corrected chi connectivity index (χ2v) is 13.1. The molecular formula is C38H31Br2ClF3N3O4. The van der Waals surface area contributed by atoms with Crippen molar-refractivity contribution in [2.75, 3.05) is 0 Å². The van der Waals surface area contributed by atoms with Crippen molar-refractivity contribution in [1.29, 1.82) is 0 Å². The molecule has 0 amide bonds. The van der Waals surface area contributed by atoms with Crippen molar-refractivity contribution in [3.63, 3.8) is 0 Å². The molecule has 7 nitrogen and oxygen atoms in total. The van der Waals surface area contributed by atoms with Crippen LogP contribution in [0, 0.1) is 13.8 Å². The van der Waals surface area contributed by atoms with Gasteiger partial charge in [-0.25, -0.2) is 0 Å². The van der Waals surface area contributed by atoms with Crippen molar-refractivity contribution >= 4 is 43.5 Å². The second-order valence-electron chi connectivity index (χ2n) is 11.1. The number of ether oxygens (including phenoxy) is 1. The van der Waals surface area contributed by atoms with Crippen LogP contribution < -0.4 is 21.0 Å². The smallest absolute Gasteiger partial charge is 0.417 e. The first-order valence-electron chi connectivity index (χ1n) is 15.2. The van der Waals surface area contributed by atoms with Crippen molar-refractivity contribution in [3.05, 3.63) is 194 Å². The lowest BCUT2D eigenvalue weighted by Crippen LogP contribution is -2.11. The van der Waals surface area contributed by atoms with Gasteiger partial charge in [-0.2, -0.15) is 13.2 Å². The third-order valence-corrected chi connectivity index (χ3v) is 8.88. The summed E-state index contributed by atoms with van der Waals surface area (Å²) in [6, 6.07) is 28.0. The number of nitrogens with zero attached hydrogens (tertiary/aromatic N) is 2. The number of H-pyrrole nitrogens is 1. The van der Waals surface area contributed by atoms with E-state index in [-0.39, 0.29) is 27.9 Å². The van der Waals surface area contributed by atoms with Gasteiger partial charge in [0.1, 0.15) is 5.75 Å². The molecule has 6 aromatic rings. The number of aryl methyl sites for hydroxylation is 2. The molecule has 0 unspecified atom stereocenters. The Labute approximate surface area is 313 Å². The van der Waals surface area contributed by atoms with Crippen molar-refractivity contribution < 1.29 is 17.9 Å². The highest BCUT2D eigenvalue weighted by Crippen LogP contribution is 2.40. The third-order valence-electron chi connectivity index (χ3n) is 7.35. The van der Waals surface area contributed by atoms with Crippen molar-refractivity contribution in [1.82, 2.24) is 14.1 Å². The van der Waals surface area contributed by atoms with Crippen LogP contribution >= 0.6 is 43.5 Å². The summed E-state index contributed by atoms with van der Waals surface area (Å²) in [6.45, 7) is 5.19. The first kappa shape index (κ1) is 39.1. The first-order chi connectivity index (χ1) is 24.2. The second kappa shape index (κ2) is 18.0. The van der Waals surface area contributed by atoms with Gasteiger partial charge in [0, 0.05) is 61.5 Å². The Kier molecular flexibility index (Phi) is 13.8. The molecule has 0 spiro atoms. The molecule has 264 valence electrons. The number of alkyl halides is 3. The van der Waals surface area contributed by atoms with Gasteiger partial charge in [-0.15, -0.1) is 0 Å². The minimum absolute atomic E-state index is 0.00984. The van der Waals surface area contributed by atoms with Gasteiger partial charge in [0.05, 0.1) is 26.3 Å². The zero-order valence-corrected chi connectivity index (χ0v) is 31.2. The number of aromatic amines is 1. The highest BCUT2D eigenvalue weighted by atomic mass is 79.9. The molecule has 3 aromatic heterocycles. The van der Waals surface area contributed by atoms with E-state index in [2.05, 4.69) is 55.9 Å². The van der Waals surface area contributed by atoms with Crippen LogP contribution in [-0.4, -0.2) is 14.1 Å². The Morgan fingerprint density at radius 1 is 0.706 bits per heavy atom. The topological polar surface area (TPSA) is 86.1 Å². The molecule has 0 radical (unpaired) electrons. The Balaban J connectivity index is 0.000000203. The maximum Gasteiger partial charge on any atom is 0.417 e. The van der Waals surface area contributed by atoms with Crippen LogP contribution in [0.5, 0.6) is 11.6 Å². The molecule has 0 fully saturated rings. The van der Waals surface area contributed by atoms with Crippen molar-refractivity contribution in [3.8, 4) is 11.6 Å². The lowest BCUT2D eigenvalue weighted by molar-refractivity contribution is -0.137. The van der Waals surface area contributed by atoms with Gasteiger partial charge in [-0.1, -0.05) is 66.2 Å². The molecule has 51 heavy (non-hydrogen) atoms. The molecule has 3 heterocycles. The highest BCUT2D eigenvalue weighted by Gasteiger charge is 2.34. The quantitative estimate of drug-likeness (QED) is 0.169. The van der Waals surface area contributed by atoms with Gasteiger partial charge in [0.2, 0.25) is 5.88 Å². The van der Waals surface area contributed by atoms with E-state index in [0.717, 1.165) is 28.3 Å². The van der Waals surface area contributed by atoms with Crippen molar-refractivity contribution in [2.45, 2.75) is 33.1 Å². The average Bonchev–Trinajstić information content (AvgIpc) is 3.06. The lowest BCUT2D eigenvalue weighted by Gasteiger charge is -2.17. The maximum absolute atomic E-state index is 13.0. The summed E-state index contributed by atoms with van der Waals surface area (Å²) < 4.78 is 49.9. The number of pyridine rings is 3. The van der Waals surface area contributed by atoms with Gasteiger partial charge in [-0.05, 0) is 80.1 Å². The Bertz CT molecular complexity index is 2290. The summed E-state index contributed by atoms with van der Waals surface area (Å²) in [5.41, 5.74) is 3.25. The fourth-order valence-electron chi connectivity index (χ4n) is 4.60. The maximum atomic E-state index is 13.0. The van der Waals surface area contributed by atoms with Crippen LogP contribution in [0.25, 0.3) is 0 Å². The summed E-state index contributed by atoms with van der Waals surface area (Å²) in [6.07, 6.45) is 0.324. The molecule has 1 N–H and O–H groups in total. The van der Waals surface area contributed by atoms with E-state index in [0.29, 0.717) is 11.1 Å². The lowest BCUT2D eigenvalue weighted by atomic mass is 10.1. The Morgan fingerprint density at radius 3 is 1.78 bits per heavy atom. The van der Waals surface area contributed by atoms with Crippen LogP contribution in [0.2, 0.25) is 5.02 Å². The fraction of sp³-hybridized carbons (Fsp3) is 0.132. The summed E-state index contributed by atoms with van der Waals surface area (Å²) in [5.74, 6) is -0.0670. The number of benzene rings is 3. The van der Waals surface area contributed by atoms with Gasteiger partial charge in [-0.3, -0.25) is 14.4 Å². The van der Waals surface area contributed by atoms with E-state index in [1.165, 1.54) is 53.7 Å². The number of aromatic nitrogens is 3. The minimum atomic E-state index is -4.60. The van der Waals surface area contributed by atoms with Crippen LogP contribution in [0.3, 0.4) is 0 Å². The average molecular weight is 846 g/mol. The monoisotopic (exact) mass is 843 g/mol. The third kappa shape index (κ3) is 11.7. The van der Waals surface area contributed by atoms with E-state index in [4.69, 9.17) is 16.3 Å². The first-order valence-corrected chi connectivity index (χ1v) is 17.2. The fourth-order valence-corrected chi connectivity index (χ4v) is 5.70. The number of hydrogen-bond donors (Lipinski definition) is 1. The Hall–Kier alpha value is -4.65. The van der Waals surface area contributed by atoms with Crippen LogP contribution in [0.4, 0.5) is 13.2 Å². The van der Waals surface area contributed by atoms with E-state index in [1.807, 2.05) is 47.9 Å². The Morgan fingerprint density at radius 2 is 1.25 bits per heavy atom.